The van der Waals surface area contributed by atoms with Gasteiger partial charge in [0, 0.05) is 42.9 Å². The molecule has 0 amide bonds. The summed E-state index contributed by atoms with van der Waals surface area (Å²) in [7, 11) is 0. The summed E-state index contributed by atoms with van der Waals surface area (Å²) in [6, 6.07) is 12.3. The molecule has 0 unspecified atom stereocenters. The Morgan fingerprint density at radius 1 is 0.972 bits per heavy atom. The van der Waals surface area contributed by atoms with Crippen LogP contribution in [0.15, 0.2) is 47.3 Å². The third-order valence-electron chi connectivity index (χ3n) is 7.03. The van der Waals surface area contributed by atoms with Crippen LogP contribution in [-0.4, -0.2) is 56.3 Å². The number of aromatic nitrogens is 5. The molecule has 1 aliphatic rings. The number of aryl methyl sites for hydroxylation is 2. The van der Waals surface area contributed by atoms with Crippen LogP contribution in [0, 0.1) is 19.7 Å². The molecule has 4 aromatic rings. The number of nitrogens with zero attached hydrogens (tertiary/aromatic N) is 6. The van der Waals surface area contributed by atoms with Crippen LogP contribution in [0.3, 0.4) is 0 Å². The van der Waals surface area contributed by atoms with E-state index in [0.717, 1.165) is 35.2 Å². The molecule has 1 saturated heterocycles. The summed E-state index contributed by atoms with van der Waals surface area (Å²) in [6.07, 6.45) is 0. The lowest BCUT2D eigenvalue weighted by Gasteiger charge is -2.40. The van der Waals surface area contributed by atoms with Crippen LogP contribution in [-0.2, 0) is 5.54 Å². The van der Waals surface area contributed by atoms with Gasteiger partial charge in [-0.15, -0.1) is 5.10 Å². The molecule has 1 aliphatic heterocycles. The minimum Gasteiger partial charge on any atom is -0.369 e. The van der Waals surface area contributed by atoms with Gasteiger partial charge in [0.25, 0.3) is 5.56 Å². The third kappa shape index (κ3) is 4.51. The SMILES string of the molecule is Cc1cc2cc([C@H](c3nnnn3C(C)(C)C)N3CCN(c4ccc(F)cc4)CC3)c(=O)[nH]c2cc1C. The average Bonchev–Trinajstić information content (AvgIpc) is 3.32. The van der Waals surface area contributed by atoms with E-state index in [2.05, 4.69) is 43.3 Å². The zero-order valence-corrected chi connectivity index (χ0v) is 21.4. The van der Waals surface area contributed by atoms with Gasteiger partial charge >= 0.3 is 0 Å². The number of hydrogen-bond acceptors (Lipinski definition) is 6. The molecule has 2 aromatic carbocycles. The summed E-state index contributed by atoms with van der Waals surface area (Å²) in [6.45, 7) is 13.1. The molecule has 9 heteroatoms. The molecule has 36 heavy (non-hydrogen) atoms. The third-order valence-corrected chi connectivity index (χ3v) is 7.03. The number of halogens is 1. The number of piperazine rings is 1. The summed E-state index contributed by atoms with van der Waals surface area (Å²) in [5.74, 6) is 0.402. The van der Waals surface area contributed by atoms with Gasteiger partial charge in [-0.05, 0) is 104 Å². The van der Waals surface area contributed by atoms with Gasteiger partial charge in [0.1, 0.15) is 11.9 Å². The van der Waals surface area contributed by atoms with Crippen LogP contribution in [0.25, 0.3) is 10.9 Å². The van der Waals surface area contributed by atoms with Crippen molar-refractivity contribution in [3.63, 3.8) is 0 Å². The van der Waals surface area contributed by atoms with E-state index in [9.17, 15) is 9.18 Å². The molecule has 0 saturated carbocycles. The van der Waals surface area contributed by atoms with E-state index in [1.165, 1.54) is 17.7 Å². The van der Waals surface area contributed by atoms with Gasteiger partial charge in [-0.25, -0.2) is 9.07 Å². The van der Waals surface area contributed by atoms with Gasteiger partial charge in [0.15, 0.2) is 5.82 Å². The Morgan fingerprint density at radius 2 is 1.64 bits per heavy atom. The molecule has 0 aliphatic carbocycles. The van der Waals surface area contributed by atoms with Gasteiger partial charge in [-0.2, -0.15) is 0 Å². The first-order valence-corrected chi connectivity index (χ1v) is 12.3. The largest absolute Gasteiger partial charge is 0.369 e. The van der Waals surface area contributed by atoms with E-state index >= 15 is 0 Å². The van der Waals surface area contributed by atoms with E-state index in [4.69, 9.17) is 0 Å². The highest BCUT2D eigenvalue weighted by molar-refractivity contribution is 5.81. The number of fused-ring (bicyclic) bond motifs is 1. The number of anilines is 1. The molecule has 0 bridgehead atoms. The topological polar surface area (TPSA) is 82.9 Å². The first kappa shape index (κ1) is 24.1. The van der Waals surface area contributed by atoms with E-state index in [0.29, 0.717) is 24.5 Å². The van der Waals surface area contributed by atoms with Crippen molar-refractivity contribution < 1.29 is 4.39 Å². The van der Waals surface area contributed by atoms with Crippen molar-refractivity contribution in [3.8, 4) is 0 Å². The number of H-pyrrole nitrogens is 1. The number of benzene rings is 2. The maximum atomic E-state index is 13.5. The van der Waals surface area contributed by atoms with Crippen LogP contribution in [0.2, 0.25) is 0 Å². The Labute approximate surface area is 209 Å². The Morgan fingerprint density at radius 3 is 2.31 bits per heavy atom. The molecule has 8 nitrogen and oxygen atoms in total. The normalized spacial score (nSPS) is 16.0. The maximum absolute atomic E-state index is 13.5. The summed E-state index contributed by atoms with van der Waals surface area (Å²) in [5.41, 5.74) is 4.25. The van der Waals surface area contributed by atoms with Crippen LogP contribution in [0.1, 0.15) is 49.3 Å². The van der Waals surface area contributed by atoms with Crippen molar-refractivity contribution in [1.82, 2.24) is 30.1 Å². The van der Waals surface area contributed by atoms with Crippen molar-refractivity contribution >= 4 is 16.6 Å². The second-order valence-electron chi connectivity index (χ2n) is 10.6. The van der Waals surface area contributed by atoms with Crippen LogP contribution >= 0.6 is 0 Å². The fourth-order valence-electron chi connectivity index (χ4n) is 4.93. The van der Waals surface area contributed by atoms with Gasteiger partial charge in [0.05, 0.1) is 5.54 Å². The first-order valence-electron chi connectivity index (χ1n) is 12.3. The predicted octanol–water partition coefficient (Wildman–Crippen LogP) is 3.94. The summed E-state index contributed by atoms with van der Waals surface area (Å²) in [4.78, 5) is 21.1. The monoisotopic (exact) mass is 489 g/mol. The number of hydrogen-bond donors (Lipinski definition) is 1. The molecule has 188 valence electrons. The standard InChI is InChI=1S/C27H32FN7O/c1-17-14-19-16-22(26(36)29-23(19)15-18(17)2)24(25-30-31-32-35(25)27(3,4)5)34-12-10-33(11-13-34)21-8-6-20(28)7-9-21/h6-9,14-16,24H,10-13H2,1-5H3,(H,29,36)/t24-/m1/s1. The maximum Gasteiger partial charge on any atom is 0.253 e. The van der Waals surface area contributed by atoms with E-state index in [1.54, 1.807) is 12.1 Å². The van der Waals surface area contributed by atoms with Crippen LogP contribution in [0.5, 0.6) is 0 Å². The number of tetrazole rings is 1. The first-order chi connectivity index (χ1) is 17.1. The van der Waals surface area contributed by atoms with Gasteiger partial charge in [0.2, 0.25) is 0 Å². The van der Waals surface area contributed by atoms with Gasteiger partial charge < -0.3 is 9.88 Å². The molecule has 3 heterocycles. The second-order valence-corrected chi connectivity index (χ2v) is 10.6. The van der Waals surface area contributed by atoms with Crippen molar-refractivity contribution in [2.45, 2.75) is 46.2 Å². The minimum atomic E-state index is -0.413. The Balaban J connectivity index is 1.56. The fraction of sp³-hybridized carbons (Fsp3) is 0.407. The highest BCUT2D eigenvalue weighted by atomic mass is 19.1. The number of aromatic amines is 1. The molecule has 1 N–H and O–H groups in total. The van der Waals surface area contributed by atoms with Crippen molar-refractivity contribution in [1.29, 1.82) is 0 Å². The number of nitrogens with one attached hydrogen (secondary N) is 1. The Kier molecular flexibility index (Phi) is 6.12. The predicted molar refractivity (Wildman–Crippen MR) is 139 cm³/mol. The fourth-order valence-corrected chi connectivity index (χ4v) is 4.93. The highest BCUT2D eigenvalue weighted by Crippen LogP contribution is 2.31. The number of rotatable bonds is 4. The minimum absolute atomic E-state index is 0.139. The molecule has 2 aromatic heterocycles. The molecular weight excluding hydrogens is 457 g/mol. The van der Waals surface area contributed by atoms with Crippen molar-refractivity contribution in [2.24, 2.45) is 0 Å². The quantitative estimate of drug-likeness (QED) is 0.468. The zero-order chi connectivity index (χ0) is 25.6. The summed E-state index contributed by atoms with van der Waals surface area (Å²) < 4.78 is 15.2. The smallest absolute Gasteiger partial charge is 0.253 e. The van der Waals surface area contributed by atoms with E-state index < -0.39 is 6.04 Å². The molecule has 0 radical (unpaired) electrons. The van der Waals surface area contributed by atoms with E-state index in [1.807, 2.05) is 44.5 Å². The summed E-state index contributed by atoms with van der Waals surface area (Å²) >= 11 is 0. The zero-order valence-electron chi connectivity index (χ0n) is 21.4. The lowest BCUT2D eigenvalue weighted by Crippen LogP contribution is -2.49. The molecule has 0 spiro atoms. The average molecular weight is 490 g/mol. The van der Waals surface area contributed by atoms with E-state index in [-0.39, 0.29) is 16.9 Å². The number of pyridine rings is 1. The summed E-state index contributed by atoms with van der Waals surface area (Å²) in [5, 5.41) is 13.7. The highest BCUT2D eigenvalue weighted by Gasteiger charge is 2.35. The van der Waals surface area contributed by atoms with Crippen LogP contribution < -0.4 is 10.5 Å². The Bertz CT molecular complexity index is 1440. The lowest BCUT2D eigenvalue weighted by atomic mass is 9.99. The molecular formula is C27H32FN7O. The Hall–Kier alpha value is -3.59. The molecule has 5 rings (SSSR count). The lowest BCUT2D eigenvalue weighted by molar-refractivity contribution is 0.190. The molecule has 1 atom stereocenters. The molecule has 1 fully saturated rings. The van der Waals surface area contributed by atoms with Crippen molar-refractivity contribution in [3.05, 3.63) is 81.2 Å². The van der Waals surface area contributed by atoms with Gasteiger partial charge in [-0.1, -0.05) is 0 Å². The van der Waals surface area contributed by atoms with Crippen molar-refractivity contribution in [2.75, 3.05) is 31.1 Å². The second kappa shape index (κ2) is 9.13. The van der Waals surface area contributed by atoms with Gasteiger partial charge in [-0.3, -0.25) is 9.69 Å². The van der Waals surface area contributed by atoms with Crippen LogP contribution in [0.4, 0.5) is 10.1 Å².